The highest BCUT2D eigenvalue weighted by Gasteiger charge is 2.29. The molecule has 0 unspecified atom stereocenters. The van der Waals surface area contributed by atoms with Crippen LogP contribution in [0.15, 0.2) is 29.2 Å². The van der Waals surface area contributed by atoms with E-state index in [4.69, 9.17) is 0 Å². The lowest BCUT2D eigenvalue weighted by Gasteiger charge is -2.31. The standard InChI is InChI=1S/C15H21FN2O3S/c1-2-3-15(19)17-13-8-10-18(11-9-13)22(20,21)14-6-4-12(16)5-7-14/h4-7,13H,2-3,8-11H2,1H3,(H,17,19). The van der Waals surface area contributed by atoms with Crippen LogP contribution >= 0.6 is 0 Å². The predicted octanol–water partition coefficient (Wildman–Crippen LogP) is 1.90. The molecular weight excluding hydrogens is 307 g/mol. The molecule has 5 nitrogen and oxygen atoms in total. The summed E-state index contributed by atoms with van der Waals surface area (Å²) in [7, 11) is -3.59. The molecule has 0 bridgehead atoms. The van der Waals surface area contributed by atoms with Gasteiger partial charge in [-0.3, -0.25) is 4.79 Å². The average molecular weight is 328 g/mol. The Morgan fingerprint density at radius 2 is 1.86 bits per heavy atom. The number of hydrogen-bond acceptors (Lipinski definition) is 3. The van der Waals surface area contributed by atoms with Crippen molar-refractivity contribution in [3.63, 3.8) is 0 Å². The van der Waals surface area contributed by atoms with E-state index in [0.29, 0.717) is 32.4 Å². The average Bonchev–Trinajstić information content (AvgIpc) is 2.48. The van der Waals surface area contributed by atoms with Gasteiger partial charge in [-0.05, 0) is 43.5 Å². The molecule has 1 aromatic rings. The lowest BCUT2D eigenvalue weighted by Crippen LogP contribution is -2.46. The second-order valence-corrected chi connectivity index (χ2v) is 7.39. The first-order valence-electron chi connectivity index (χ1n) is 7.48. The van der Waals surface area contributed by atoms with E-state index in [1.165, 1.54) is 16.4 Å². The molecule has 122 valence electrons. The number of carbonyl (C=O) groups excluding carboxylic acids is 1. The van der Waals surface area contributed by atoms with E-state index in [0.717, 1.165) is 18.6 Å². The molecule has 0 spiro atoms. The molecule has 1 saturated heterocycles. The van der Waals surface area contributed by atoms with Gasteiger partial charge in [-0.2, -0.15) is 4.31 Å². The van der Waals surface area contributed by atoms with Crippen molar-refractivity contribution in [2.75, 3.05) is 13.1 Å². The van der Waals surface area contributed by atoms with E-state index in [-0.39, 0.29) is 16.8 Å². The Morgan fingerprint density at radius 1 is 1.27 bits per heavy atom. The number of rotatable bonds is 5. The van der Waals surface area contributed by atoms with Gasteiger partial charge in [0.1, 0.15) is 5.82 Å². The van der Waals surface area contributed by atoms with Crippen LogP contribution in [0.5, 0.6) is 0 Å². The number of carbonyl (C=O) groups is 1. The van der Waals surface area contributed by atoms with Crippen LogP contribution in [0.4, 0.5) is 4.39 Å². The van der Waals surface area contributed by atoms with Crippen LogP contribution in [0.25, 0.3) is 0 Å². The number of sulfonamides is 1. The molecule has 1 aliphatic rings. The van der Waals surface area contributed by atoms with Crippen molar-refractivity contribution in [2.24, 2.45) is 0 Å². The van der Waals surface area contributed by atoms with Gasteiger partial charge in [-0.25, -0.2) is 12.8 Å². The molecule has 0 saturated carbocycles. The molecule has 1 aliphatic heterocycles. The quantitative estimate of drug-likeness (QED) is 0.898. The lowest BCUT2D eigenvalue weighted by atomic mass is 10.1. The summed E-state index contributed by atoms with van der Waals surface area (Å²) in [5.41, 5.74) is 0. The molecule has 1 aromatic carbocycles. The first-order valence-corrected chi connectivity index (χ1v) is 8.92. The van der Waals surface area contributed by atoms with Gasteiger partial charge in [0.2, 0.25) is 15.9 Å². The van der Waals surface area contributed by atoms with Gasteiger partial charge >= 0.3 is 0 Å². The van der Waals surface area contributed by atoms with Gasteiger partial charge in [0.05, 0.1) is 4.90 Å². The fourth-order valence-electron chi connectivity index (χ4n) is 2.52. The van der Waals surface area contributed by atoms with E-state index < -0.39 is 15.8 Å². The third-order valence-corrected chi connectivity index (χ3v) is 5.66. The van der Waals surface area contributed by atoms with Crippen LogP contribution < -0.4 is 5.32 Å². The maximum Gasteiger partial charge on any atom is 0.243 e. The van der Waals surface area contributed by atoms with Gasteiger partial charge in [0.15, 0.2) is 0 Å². The lowest BCUT2D eigenvalue weighted by molar-refractivity contribution is -0.122. The predicted molar refractivity (Wildman–Crippen MR) is 81.2 cm³/mol. The normalized spacial score (nSPS) is 17.4. The number of nitrogens with one attached hydrogen (secondary N) is 1. The number of amides is 1. The summed E-state index contributed by atoms with van der Waals surface area (Å²) in [6.07, 6.45) is 2.48. The van der Waals surface area contributed by atoms with Crippen LogP contribution in [-0.4, -0.2) is 37.8 Å². The van der Waals surface area contributed by atoms with Crippen molar-refractivity contribution in [3.05, 3.63) is 30.1 Å². The Bertz CT molecular complexity index is 608. The summed E-state index contributed by atoms with van der Waals surface area (Å²) in [5.74, 6) is -0.446. The summed E-state index contributed by atoms with van der Waals surface area (Å²) >= 11 is 0. The zero-order chi connectivity index (χ0) is 16.2. The van der Waals surface area contributed by atoms with Gasteiger partial charge < -0.3 is 5.32 Å². The molecule has 0 radical (unpaired) electrons. The van der Waals surface area contributed by atoms with Crippen molar-refractivity contribution < 1.29 is 17.6 Å². The molecule has 7 heteroatoms. The van der Waals surface area contributed by atoms with E-state index in [1.807, 2.05) is 6.92 Å². The maximum absolute atomic E-state index is 12.9. The molecule has 1 amide bonds. The first kappa shape index (κ1) is 16.9. The van der Waals surface area contributed by atoms with E-state index in [2.05, 4.69) is 5.32 Å². The zero-order valence-electron chi connectivity index (χ0n) is 12.6. The van der Waals surface area contributed by atoms with Crippen molar-refractivity contribution >= 4 is 15.9 Å². The van der Waals surface area contributed by atoms with Gasteiger partial charge in [0.25, 0.3) is 0 Å². The minimum absolute atomic E-state index is 0.0161. The maximum atomic E-state index is 12.9. The SMILES string of the molecule is CCCC(=O)NC1CCN(S(=O)(=O)c2ccc(F)cc2)CC1. The van der Waals surface area contributed by atoms with Crippen molar-refractivity contribution in [3.8, 4) is 0 Å². The molecule has 2 rings (SSSR count). The molecule has 0 aromatic heterocycles. The smallest absolute Gasteiger partial charge is 0.243 e. The monoisotopic (exact) mass is 328 g/mol. The second kappa shape index (κ2) is 7.19. The fraction of sp³-hybridized carbons (Fsp3) is 0.533. The summed E-state index contributed by atoms with van der Waals surface area (Å²) in [6.45, 7) is 2.66. The van der Waals surface area contributed by atoms with Crippen LogP contribution in [0, 0.1) is 5.82 Å². The van der Waals surface area contributed by atoms with Crippen LogP contribution in [-0.2, 0) is 14.8 Å². The summed E-state index contributed by atoms with van der Waals surface area (Å²) in [4.78, 5) is 11.7. The Kier molecular flexibility index (Phi) is 5.52. The third kappa shape index (κ3) is 4.04. The molecular formula is C15H21FN2O3S. The Morgan fingerprint density at radius 3 is 2.41 bits per heavy atom. The van der Waals surface area contributed by atoms with Gasteiger partial charge in [-0.15, -0.1) is 0 Å². The minimum Gasteiger partial charge on any atom is -0.353 e. The topological polar surface area (TPSA) is 66.5 Å². The van der Waals surface area contributed by atoms with Crippen LogP contribution in [0.2, 0.25) is 0 Å². The largest absolute Gasteiger partial charge is 0.353 e. The molecule has 0 atom stereocenters. The molecule has 1 N–H and O–H groups in total. The third-order valence-electron chi connectivity index (χ3n) is 3.75. The fourth-order valence-corrected chi connectivity index (χ4v) is 3.99. The van der Waals surface area contributed by atoms with Crippen LogP contribution in [0.3, 0.4) is 0 Å². The summed E-state index contributed by atoms with van der Waals surface area (Å²) in [6, 6.07) is 4.87. The van der Waals surface area contributed by atoms with Crippen molar-refractivity contribution in [2.45, 2.75) is 43.5 Å². The van der Waals surface area contributed by atoms with E-state index >= 15 is 0 Å². The highest BCUT2D eigenvalue weighted by molar-refractivity contribution is 7.89. The first-order chi connectivity index (χ1) is 10.4. The number of nitrogens with zero attached hydrogens (tertiary/aromatic N) is 1. The Balaban J connectivity index is 1.96. The van der Waals surface area contributed by atoms with E-state index in [9.17, 15) is 17.6 Å². The highest BCUT2D eigenvalue weighted by atomic mass is 32.2. The highest BCUT2D eigenvalue weighted by Crippen LogP contribution is 2.21. The summed E-state index contributed by atoms with van der Waals surface area (Å²) < 4.78 is 39.2. The van der Waals surface area contributed by atoms with Gasteiger partial charge in [0, 0.05) is 25.6 Å². The van der Waals surface area contributed by atoms with Crippen molar-refractivity contribution in [1.29, 1.82) is 0 Å². The Labute approximate surface area is 130 Å². The number of halogens is 1. The zero-order valence-corrected chi connectivity index (χ0v) is 13.4. The molecule has 1 fully saturated rings. The molecule has 22 heavy (non-hydrogen) atoms. The molecule has 1 heterocycles. The number of piperidine rings is 1. The van der Waals surface area contributed by atoms with Gasteiger partial charge in [-0.1, -0.05) is 6.92 Å². The van der Waals surface area contributed by atoms with Crippen molar-refractivity contribution in [1.82, 2.24) is 9.62 Å². The Hall–Kier alpha value is -1.47. The molecule has 0 aliphatic carbocycles. The van der Waals surface area contributed by atoms with Crippen LogP contribution in [0.1, 0.15) is 32.6 Å². The number of benzene rings is 1. The second-order valence-electron chi connectivity index (χ2n) is 5.45. The van der Waals surface area contributed by atoms with E-state index in [1.54, 1.807) is 0 Å². The summed E-state index contributed by atoms with van der Waals surface area (Å²) in [5, 5.41) is 2.93. The minimum atomic E-state index is -3.59. The number of hydrogen-bond donors (Lipinski definition) is 1.